The van der Waals surface area contributed by atoms with Crippen LogP contribution in [-0.4, -0.2) is 9.55 Å². The third-order valence-electron chi connectivity index (χ3n) is 10.5. The first-order valence-electron chi connectivity index (χ1n) is 17.2. The molecule has 0 amide bonds. The molecule has 2 heterocycles. The summed E-state index contributed by atoms with van der Waals surface area (Å²) in [6.07, 6.45) is 0. The van der Waals surface area contributed by atoms with Crippen LogP contribution < -0.4 is 4.90 Å². The minimum atomic E-state index is 0.955. The molecule has 0 saturated heterocycles. The van der Waals surface area contributed by atoms with Gasteiger partial charge in [0.15, 0.2) is 0 Å². The molecular formula is C47H29N3. The predicted octanol–water partition coefficient (Wildman–Crippen LogP) is 12.8. The van der Waals surface area contributed by atoms with Crippen LogP contribution in [0.25, 0.3) is 82.3 Å². The number of rotatable bonds is 3. The Kier molecular flexibility index (Phi) is 5.67. The molecule has 50 heavy (non-hydrogen) atoms. The number of fused-ring (bicyclic) bond motifs is 7. The van der Waals surface area contributed by atoms with Crippen LogP contribution in [0.4, 0.5) is 17.1 Å². The minimum Gasteiger partial charge on any atom is -0.306 e. The van der Waals surface area contributed by atoms with Crippen LogP contribution in [0, 0.1) is 0 Å². The largest absolute Gasteiger partial charge is 0.306 e. The molecule has 0 aliphatic carbocycles. The fourth-order valence-electron chi connectivity index (χ4n) is 8.36. The number of para-hydroxylation sites is 4. The molecule has 0 bridgehead atoms. The highest BCUT2D eigenvalue weighted by atomic mass is 15.2. The molecule has 0 N–H and O–H groups in total. The molecular weight excluding hydrogens is 607 g/mol. The van der Waals surface area contributed by atoms with E-state index < -0.39 is 0 Å². The zero-order valence-corrected chi connectivity index (χ0v) is 27.1. The van der Waals surface area contributed by atoms with Gasteiger partial charge in [0, 0.05) is 11.3 Å². The van der Waals surface area contributed by atoms with Gasteiger partial charge in [-0.05, 0) is 96.7 Å². The Bertz CT molecular complexity index is 2930. The summed E-state index contributed by atoms with van der Waals surface area (Å²) in [4.78, 5) is 7.86. The van der Waals surface area contributed by atoms with Crippen LogP contribution in [0.15, 0.2) is 176 Å². The van der Waals surface area contributed by atoms with E-state index in [9.17, 15) is 0 Å². The van der Waals surface area contributed by atoms with Gasteiger partial charge in [-0.1, -0.05) is 133 Å². The van der Waals surface area contributed by atoms with Gasteiger partial charge in [-0.2, -0.15) is 0 Å². The van der Waals surface area contributed by atoms with Crippen molar-refractivity contribution in [3.05, 3.63) is 176 Å². The summed E-state index contributed by atoms with van der Waals surface area (Å²) in [7, 11) is 0. The summed E-state index contributed by atoms with van der Waals surface area (Å²) >= 11 is 0. The lowest BCUT2D eigenvalue weighted by atomic mass is 9.87. The highest BCUT2D eigenvalue weighted by molar-refractivity contribution is 6.22. The van der Waals surface area contributed by atoms with Crippen LogP contribution in [-0.2, 0) is 0 Å². The maximum absolute atomic E-state index is 5.50. The summed E-state index contributed by atoms with van der Waals surface area (Å²) in [5.74, 6) is 0.955. The van der Waals surface area contributed by atoms with Crippen molar-refractivity contribution in [2.24, 2.45) is 0 Å². The van der Waals surface area contributed by atoms with E-state index in [1.54, 1.807) is 0 Å². The van der Waals surface area contributed by atoms with Gasteiger partial charge in [-0.3, -0.25) is 4.57 Å². The zero-order valence-electron chi connectivity index (χ0n) is 27.1. The van der Waals surface area contributed by atoms with E-state index in [4.69, 9.17) is 4.98 Å². The normalized spacial score (nSPS) is 12.4. The quantitative estimate of drug-likeness (QED) is 0.142. The van der Waals surface area contributed by atoms with Gasteiger partial charge in [0.25, 0.3) is 0 Å². The van der Waals surface area contributed by atoms with E-state index in [-0.39, 0.29) is 0 Å². The molecule has 0 fully saturated rings. The predicted molar refractivity (Wildman–Crippen MR) is 210 cm³/mol. The lowest BCUT2D eigenvalue weighted by Crippen LogP contribution is -2.18. The zero-order chi connectivity index (χ0) is 32.8. The lowest BCUT2D eigenvalue weighted by molar-refractivity contribution is 1.07. The second-order valence-electron chi connectivity index (χ2n) is 13.1. The van der Waals surface area contributed by atoms with Gasteiger partial charge in [0.05, 0.1) is 28.1 Å². The van der Waals surface area contributed by atoms with Gasteiger partial charge in [0.1, 0.15) is 5.82 Å². The summed E-state index contributed by atoms with van der Waals surface area (Å²) in [6, 6.07) is 63.7. The smallest absolute Gasteiger partial charge is 0.147 e. The molecule has 1 aliphatic rings. The van der Waals surface area contributed by atoms with Crippen LogP contribution in [0.5, 0.6) is 0 Å². The molecule has 3 heteroatoms. The fourth-order valence-corrected chi connectivity index (χ4v) is 8.36. The van der Waals surface area contributed by atoms with Crippen molar-refractivity contribution in [3.63, 3.8) is 0 Å². The van der Waals surface area contributed by atoms with Gasteiger partial charge >= 0.3 is 0 Å². The van der Waals surface area contributed by atoms with Crippen molar-refractivity contribution >= 4 is 71.2 Å². The molecule has 0 spiro atoms. The molecule has 0 atom stereocenters. The van der Waals surface area contributed by atoms with Crippen LogP contribution >= 0.6 is 0 Å². The van der Waals surface area contributed by atoms with Gasteiger partial charge < -0.3 is 4.90 Å². The molecule has 0 radical (unpaired) electrons. The van der Waals surface area contributed by atoms with E-state index in [0.717, 1.165) is 45.2 Å². The Morgan fingerprint density at radius 2 is 0.940 bits per heavy atom. The maximum atomic E-state index is 5.50. The Hall–Kier alpha value is -6.71. The Balaban J connectivity index is 1.25. The second kappa shape index (κ2) is 10.4. The average Bonchev–Trinajstić information content (AvgIpc) is 3.57. The number of benzene rings is 9. The topological polar surface area (TPSA) is 21.1 Å². The van der Waals surface area contributed by atoms with E-state index in [2.05, 4.69) is 185 Å². The van der Waals surface area contributed by atoms with Crippen molar-refractivity contribution in [1.29, 1.82) is 0 Å². The van der Waals surface area contributed by atoms with E-state index >= 15 is 0 Å². The van der Waals surface area contributed by atoms with Crippen LogP contribution in [0.3, 0.4) is 0 Å². The molecule has 232 valence electrons. The van der Waals surface area contributed by atoms with Gasteiger partial charge in [-0.25, -0.2) is 4.98 Å². The monoisotopic (exact) mass is 635 g/mol. The molecule has 0 unspecified atom stereocenters. The van der Waals surface area contributed by atoms with Crippen molar-refractivity contribution in [2.75, 3.05) is 4.90 Å². The van der Waals surface area contributed by atoms with Crippen molar-refractivity contribution in [3.8, 4) is 28.2 Å². The van der Waals surface area contributed by atoms with Crippen molar-refractivity contribution in [2.45, 2.75) is 0 Å². The van der Waals surface area contributed by atoms with Crippen LogP contribution in [0.1, 0.15) is 0 Å². The minimum absolute atomic E-state index is 0.955. The molecule has 1 aliphatic heterocycles. The number of nitrogens with zero attached hydrogens (tertiary/aromatic N) is 3. The molecule has 3 nitrogen and oxygen atoms in total. The molecule has 9 aromatic carbocycles. The standard InChI is InChI=1S/C47H29N3/c1-2-14-33(15-3-1)49-41-22-10-11-23-42(41)50-46-40(21-12-24-43(46)49)48-47(50)45-37-19-8-6-17-35(37)44(36-18-7-9-20-38(36)45)32-28-27-31-26-25-30-13-4-5-16-34(30)39(31)29-32/h1-29H. The van der Waals surface area contributed by atoms with Crippen molar-refractivity contribution in [1.82, 2.24) is 9.55 Å². The van der Waals surface area contributed by atoms with E-state index in [1.165, 1.54) is 54.2 Å². The van der Waals surface area contributed by atoms with E-state index in [0.29, 0.717) is 0 Å². The van der Waals surface area contributed by atoms with E-state index in [1.807, 2.05) is 0 Å². The second-order valence-corrected chi connectivity index (χ2v) is 13.1. The lowest BCUT2D eigenvalue weighted by Gasteiger charge is -2.33. The number of hydrogen-bond acceptors (Lipinski definition) is 2. The molecule has 1 aromatic heterocycles. The van der Waals surface area contributed by atoms with Crippen LogP contribution in [0.2, 0.25) is 0 Å². The third-order valence-corrected chi connectivity index (χ3v) is 10.5. The molecule has 0 saturated carbocycles. The SMILES string of the molecule is c1ccc(N2c3ccccc3-n3c(-c4c5ccccc5c(-c5ccc6ccc7ccccc7c6c5)c5ccccc45)nc4cccc2c43)cc1. The maximum Gasteiger partial charge on any atom is 0.147 e. The summed E-state index contributed by atoms with van der Waals surface area (Å²) < 4.78 is 2.40. The Labute approximate surface area is 288 Å². The molecule has 11 rings (SSSR count). The fraction of sp³-hybridized carbons (Fsp3) is 0. The number of aromatic nitrogens is 2. The first-order chi connectivity index (χ1) is 24.8. The summed E-state index contributed by atoms with van der Waals surface area (Å²) in [5.41, 5.74) is 10.2. The number of anilines is 3. The Morgan fingerprint density at radius 1 is 0.380 bits per heavy atom. The highest BCUT2D eigenvalue weighted by Crippen LogP contribution is 2.51. The van der Waals surface area contributed by atoms with Gasteiger partial charge in [-0.15, -0.1) is 0 Å². The van der Waals surface area contributed by atoms with Crippen molar-refractivity contribution < 1.29 is 0 Å². The van der Waals surface area contributed by atoms with Gasteiger partial charge in [0.2, 0.25) is 0 Å². The number of imidazole rings is 1. The molecule has 10 aromatic rings. The average molecular weight is 636 g/mol. The Morgan fingerprint density at radius 3 is 1.68 bits per heavy atom. The third kappa shape index (κ3) is 3.77. The highest BCUT2D eigenvalue weighted by Gasteiger charge is 2.30. The summed E-state index contributed by atoms with van der Waals surface area (Å²) in [5, 5.41) is 9.87. The summed E-state index contributed by atoms with van der Waals surface area (Å²) in [6.45, 7) is 0. The first kappa shape index (κ1) is 27.3. The first-order valence-corrected chi connectivity index (χ1v) is 17.2. The number of hydrogen-bond donors (Lipinski definition) is 0.